The summed E-state index contributed by atoms with van der Waals surface area (Å²) in [6.45, 7) is 1.06. The summed E-state index contributed by atoms with van der Waals surface area (Å²) >= 11 is 0. The van der Waals surface area contributed by atoms with Crippen molar-refractivity contribution in [2.75, 3.05) is 17.2 Å². The fourth-order valence-electron chi connectivity index (χ4n) is 2.72. The summed E-state index contributed by atoms with van der Waals surface area (Å²) in [5, 5.41) is 6.41. The van der Waals surface area contributed by atoms with Crippen molar-refractivity contribution >= 4 is 17.3 Å². The van der Waals surface area contributed by atoms with Gasteiger partial charge in [0, 0.05) is 24.3 Å². The van der Waals surface area contributed by atoms with Gasteiger partial charge in [0.05, 0.1) is 0 Å². The van der Waals surface area contributed by atoms with Crippen molar-refractivity contribution in [2.45, 2.75) is 38.5 Å². The minimum atomic E-state index is 0.170. The van der Waals surface area contributed by atoms with E-state index in [1.54, 1.807) is 0 Å². The van der Waals surface area contributed by atoms with E-state index in [0.717, 1.165) is 18.7 Å². The van der Waals surface area contributed by atoms with Gasteiger partial charge in [0.15, 0.2) is 0 Å². The molecule has 0 radical (unpaired) electrons. The van der Waals surface area contributed by atoms with Crippen LogP contribution in [0.15, 0.2) is 18.2 Å². The van der Waals surface area contributed by atoms with E-state index in [1.165, 1.54) is 36.9 Å². The topological polar surface area (TPSA) is 41.1 Å². The number of carbonyl (C=O) groups is 1. The molecule has 2 aliphatic rings. The normalized spacial score (nSPS) is 18.4. The van der Waals surface area contributed by atoms with Crippen molar-refractivity contribution in [3.05, 3.63) is 23.8 Å². The Balaban J connectivity index is 1.63. The summed E-state index contributed by atoms with van der Waals surface area (Å²) in [6.07, 6.45) is 6.71. The first kappa shape index (κ1) is 11.6. The minimum Gasteiger partial charge on any atom is -0.385 e. The lowest BCUT2D eigenvalue weighted by molar-refractivity contribution is -0.117. The van der Waals surface area contributed by atoms with E-state index < -0.39 is 0 Å². The summed E-state index contributed by atoms with van der Waals surface area (Å²) in [5.41, 5.74) is 3.49. The predicted molar refractivity (Wildman–Crippen MR) is 73.8 cm³/mol. The van der Waals surface area contributed by atoms with E-state index in [4.69, 9.17) is 0 Å². The van der Waals surface area contributed by atoms with E-state index in [1.807, 2.05) is 6.07 Å². The molecule has 1 heterocycles. The molecule has 0 saturated heterocycles. The van der Waals surface area contributed by atoms with Crippen LogP contribution in [0, 0.1) is 5.92 Å². The Morgan fingerprint density at radius 2 is 2.22 bits per heavy atom. The maximum absolute atomic E-state index is 11.9. The molecular weight excluding hydrogens is 224 g/mol. The molecule has 1 amide bonds. The van der Waals surface area contributed by atoms with E-state index in [0.29, 0.717) is 12.3 Å². The number of fused-ring (bicyclic) bond motifs is 1. The summed E-state index contributed by atoms with van der Waals surface area (Å²) in [5.74, 6) is 0.799. The number of carbonyl (C=O) groups excluding carboxylic acids is 1. The second kappa shape index (κ2) is 5.01. The van der Waals surface area contributed by atoms with Crippen LogP contribution in [-0.2, 0) is 11.2 Å². The average molecular weight is 244 g/mol. The molecule has 3 nitrogen and oxygen atoms in total. The number of nitrogens with one attached hydrogen (secondary N) is 2. The Morgan fingerprint density at radius 3 is 3.00 bits per heavy atom. The molecule has 1 aromatic rings. The zero-order chi connectivity index (χ0) is 12.4. The van der Waals surface area contributed by atoms with Gasteiger partial charge < -0.3 is 10.6 Å². The number of amides is 1. The third-order valence-corrected chi connectivity index (χ3v) is 4.03. The van der Waals surface area contributed by atoms with Crippen LogP contribution in [0.4, 0.5) is 11.4 Å². The highest BCUT2D eigenvalue weighted by atomic mass is 16.1. The molecule has 2 N–H and O–H groups in total. The van der Waals surface area contributed by atoms with Crippen molar-refractivity contribution in [2.24, 2.45) is 5.92 Å². The van der Waals surface area contributed by atoms with Gasteiger partial charge in [-0.25, -0.2) is 0 Å². The summed E-state index contributed by atoms with van der Waals surface area (Å²) in [6, 6.07) is 6.18. The molecule has 0 aromatic heterocycles. The number of hydrogen-bond donors (Lipinski definition) is 2. The lowest BCUT2D eigenvalue weighted by atomic mass is 9.83. The molecule has 3 heteroatoms. The van der Waals surface area contributed by atoms with Gasteiger partial charge in [-0.1, -0.05) is 6.42 Å². The van der Waals surface area contributed by atoms with E-state index in [2.05, 4.69) is 22.8 Å². The number of benzene rings is 1. The average Bonchev–Trinajstić information content (AvgIpc) is 2.34. The molecule has 1 aliphatic heterocycles. The van der Waals surface area contributed by atoms with Gasteiger partial charge in [0.25, 0.3) is 0 Å². The minimum absolute atomic E-state index is 0.170. The Labute approximate surface area is 108 Å². The largest absolute Gasteiger partial charge is 0.385 e. The molecule has 18 heavy (non-hydrogen) atoms. The van der Waals surface area contributed by atoms with Crippen LogP contribution >= 0.6 is 0 Å². The molecule has 0 atom stereocenters. The van der Waals surface area contributed by atoms with Crippen molar-refractivity contribution in [1.82, 2.24) is 0 Å². The molecule has 1 fully saturated rings. The van der Waals surface area contributed by atoms with Gasteiger partial charge >= 0.3 is 0 Å². The third-order valence-electron chi connectivity index (χ3n) is 4.03. The lowest BCUT2D eigenvalue weighted by Gasteiger charge is -2.24. The zero-order valence-corrected chi connectivity index (χ0v) is 10.7. The van der Waals surface area contributed by atoms with Crippen LogP contribution in [0.3, 0.4) is 0 Å². The fraction of sp³-hybridized carbons (Fsp3) is 0.533. The van der Waals surface area contributed by atoms with Gasteiger partial charge in [0.1, 0.15) is 0 Å². The Kier molecular flexibility index (Phi) is 3.22. The van der Waals surface area contributed by atoms with Crippen molar-refractivity contribution in [1.29, 1.82) is 0 Å². The van der Waals surface area contributed by atoms with Crippen molar-refractivity contribution in [3.8, 4) is 0 Å². The highest BCUT2D eigenvalue weighted by Crippen LogP contribution is 2.30. The van der Waals surface area contributed by atoms with Crippen molar-refractivity contribution < 1.29 is 4.79 Å². The standard InChI is InChI=1S/C15H20N2O/c18-15(9-11-3-1-4-11)17-13-6-7-14-12(10-13)5-2-8-16-14/h6-7,10-11,16H,1-5,8-9H2,(H,17,18). The quantitative estimate of drug-likeness (QED) is 0.857. The SMILES string of the molecule is O=C(CC1CCC1)Nc1ccc2c(c1)CCCN2. The molecule has 1 saturated carbocycles. The predicted octanol–water partition coefficient (Wildman–Crippen LogP) is 3.17. The summed E-state index contributed by atoms with van der Waals surface area (Å²) in [7, 11) is 0. The van der Waals surface area contributed by atoms with Crippen molar-refractivity contribution in [3.63, 3.8) is 0 Å². The van der Waals surface area contributed by atoms with Crippen LogP contribution < -0.4 is 10.6 Å². The monoisotopic (exact) mass is 244 g/mol. The molecule has 0 spiro atoms. The number of rotatable bonds is 3. The van der Waals surface area contributed by atoms with E-state index in [-0.39, 0.29) is 5.91 Å². The Morgan fingerprint density at radius 1 is 1.33 bits per heavy atom. The van der Waals surface area contributed by atoms with Gasteiger partial charge in [-0.05, 0) is 55.4 Å². The molecule has 1 aromatic carbocycles. The molecule has 0 unspecified atom stereocenters. The maximum Gasteiger partial charge on any atom is 0.224 e. The third kappa shape index (κ3) is 2.50. The number of hydrogen-bond acceptors (Lipinski definition) is 2. The van der Waals surface area contributed by atoms with Gasteiger partial charge in [-0.3, -0.25) is 4.79 Å². The molecule has 1 aliphatic carbocycles. The van der Waals surface area contributed by atoms with E-state index in [9.17, 15) is 4.79 Å². The first-order valence-corrected chi connectivity index (χ1v) is 6.98. The molecule has 3 rings (SSSR count). The van der Waals surface area contributed by atoms with Gasteiger partial charge in [-0.2, -0.15) is 0 Å². The second-order valence-corrected chi connectivity index (χ2v) is 5.45. The van der Waals surface area contributed by atoms with Crippen LogP contribution in [0.5, 0.6) is 0 Å². The van der Waals surface area contributed by atoms with Gasteiger partial charge in [-0.15, -0.1) is 0 Å². The number of aryl methyl sites for hydroxylation is 1. The number of anilines is 2. The molecule has 96 valence electrons. The Bertz CT molecular complexity index is 452. The highest BCUT2D eigenvalue weighted by molar-refractivity contribution is 5.91. The van der Waals surface area contributed by atoms with E-state index >= 15 is 0 Å². The summed E-state index contributed by atoms with van der Waals surface area (Å²) in [4.78, 5) is 11.9. The first-order valence-electron chi connectivity index (χ1n) is 6.98. The fourth-order valence-corrected chi connectivity index (χ4v) is 2.72. The lowest BCUT2D eigenvalue weighted by Crippen LogP contribution is -2.21. The Hall–Kier alpha value is -1.51. The van der Waals surface area contributed by atoms with Gasteiger partial charge in [0.2, 0.25) is 5.91 Å². The van der Waals surface area contributed by atoms with Crippen LogP contribution in [-0.4, -0.2) is 12.5 Å². The summed E-state index contributed by atoms with van der Waals surface area (Å²) < 4.78 is 0. The second-order valence-electron chi connectivity index (χ2n) is 5.45. The highest BCUT2D eigenvalue weighted by Gasteiger charge is 2.20. The van der Waals surface area contributed by atoms with Crippen LogP contribution in [0.2, 0.25) is 0 Å². The first-order chi connectivity index (χ1) is 8.81. The van der Waals surface area contributed by atoms with Crippen LogP contribution in [0.1, 0.15) is 37.7 Å². The molecular formula is C15H20N2O. The molecule has 0 bridgehead atoms. The smallest absolute Gasteiger partial charge is 0.224 e. The zero-order valence-electron chi connectivity index (χ0n) is 10.7. The van der Waals surface area contributed by atoms with Crippen LogP contribution in [0.25, 0.3) is 0 Å². The maximum atomic E-state index is 11.9.